The monoisotopic (exact) mass is 272 g/mol. The van der Waals surface area contributed by atoms with E-state index in [0.717, 1.165) is 13.1 Å². The SMILES string of the molecule is CCN(C)CCNc1ccc(N)cc1S(N)(=O)=O. The smallest absolute Gasteiger partial charge is 0.240 e. The summed E-state index contributed by atoms with van der Waals surface area (Å²) in [6.45, 7) is 4.44. The lowest BCUT2D eigenvalue weighted by Crippen LogP contribution is -2.25. The molecular formula is C11H20N4O2S. The molecule has 0 bridgehead atoms. The number of hydrogen-bond acceptors (Lipinski definition) is 5. The molecule has 0 spiro atoms. The molecule has 0 aliphatic carbocycles. The molecule has 0 saturated heterocycles. The number of sulfonamides is 1. The summed E-state index contributed by atoms with van der Waals surface area (Å²) in [6.07, 6.45) is 0. The van der Waals surface area contributed by atoms with Gasteiger partial charge >= 0.3 is 0 Å². The summed E-state index contributed by atoms with van der Waals surface area (Å²) < 4.78 is 22.9. The Bertz CT molecular complexity index is 502. The van der Waals surface area contributed by atoms with Gasteiger partial charge in [0.15, 0.2) is 0 Å². The number of rotatable bonds is 6. The Morgan fingerprint density at radius 1 is 1.39 bits per heavy atom. The Kier molecular flexibility index (Phi) is 4.94. The fourth-order valence-corrected chi connectivity index (χ4v) is 2.21. The molecule has 5 N–H and O–H groups in total. The average molecular weight is 272 g/mol. The van der Waals surface area contributed by atoms with Crippen LogP contribution in [-0.4, -0.2) is 40.0 Å². The van der Waals surface area contributed by atoms with Gasteiger partial charge in [0.2, 0.25) is 10.0 Å². The standard InChI is InChI=1S/C11H20N4O2S/c1-3-15(2)7-6-14-10-5-4-9(12)8-11(10)18(13,16)17/h4-5,8,14H,3,6-7,12H2,1-2H3,(H2,13,16,17). The van der Waals surface area contributed by atoms with E-state index in [9.17, 15) is 8.42 Å². The van der Waals surface area contributed by atoms with Gasteiger partial charge in [-0.15, -0.1) is 0 Å². The predicted octanol–water partition coefficient (Wildman–Crippen LogP) is 0.280. The van der Waals surface area contributed by atoms with E-state index >= 15 is 0 Å². The first-order valence-corrected chi connectivity index (χ1v) is 7.24. The van der Waals surface area contributed by atoms with Gasteiger partial charge in [0, 0.05) is 18.8 Å². The molecule has 0 fully saturated rings. The van der Waals surface area contributed by atoms with Crippen LogP contribution in [0.25, 0.3) is 0 Å². The Balaban J connectivity index is 2.83. The van der Waals surface area contributed by atoms with Crippen molar-refractivity contribution >= 4 is 21.4 Å². The number of nitrogens with one attached hydrogen (secondary N) is 1. The Morgan fingerprint density at radius 3 is 2.61 bits per heavy atom. The van der Waals surface area contributed by atoms with Crippen molar-refractivity contribution in [3.8, 4) is 0 Å². The number of benzene rings is 1. The second-order valence-corrected chi connectivity index (χ2v) is 5.65. The highest BCUT2D eigenvalue weighted by molar-refractivity contribution is 7.89. The molecule has 0 aliphatic rings. The molecule has 0 heterocycles. The van der Waals surface area contributed by atoms with Crippen molar-refractivity contribution < 1.29 is 8.42 Å². The minimum absolute atomic E-state index is 0.0293. The van der Waals surface area contributed by atoms with Gasteiger partial charge in [0.25, 0.3) is 0 Å². The number of nitrogens with zero attached hydrogens (tertiary/aromatic N) is 1. The zero-order chi connectivity index (χ0) is 13.8. The van der Waals surface area contributed by atoms with Gasteiger partial charge in [-0.25, -0.2) is 13.6 Å². The predicted molar refractivity (Wildman–Crippen MR) is 73.9 cm³/mol. The summed E-state index contributed by atoms with van der Waals surface area (Å²) in [5.41, 5.74) is 6.42. The van der Waals surface area contributed by atoms with E-state index < -0.39 is 10.0 Å². The second kappa shape index (κ2) is 6.03. The topological polar surface area (TPSA) is 101 Å². The summed E-state index contributed by atoms with van der Waals surface area (Å²) in [5, 5.41) is 8.21. The van der Waals surface area contributed by atoms with Crippen molar-refractivity contribution in [3.05, 3.63) is 18.2 Å². The van der Waals surface area contributed by atoms with E-state index in [0.29, 0.717) is 17.9 Å². The number of likely N-dealkylation sites (N-methyl/N-ethyl adjacent to an activating group) is 1. The van der Waals surface area contributed by atoms with Crippen molar-refractivity contribution in [1.82, 2.24) is 4.90 Å². The van der Waals surface area contributed by atoms with E-state index in [4.69, 9.17) is 10.9 Å². The van der Waals surface area contributed by atoms with Gasteiger partial charge in [-0.1, -0.05) is 6.92 Å². The molecule has 0 saturated carbocycles. The maximum Gasteiger partial charge on any atom is 0.240 e. The zero-order valence-corrected chi connectivity index (χ0v) is 11.5. The summed E-state index contributed by atoms with van der Waals surface area (Å²) in [5.74, 6) is 0. The zero-order valence-electron chi connectivity index (χ0n) is 10.7. The third-order valence-electron chi connectivity index (χ3n) is 2.66. The van der Waals surface area contributed by atoms with E-state index in [2.05, 4.69) is 17.1 Å². The molecule has 0 unspecified atom stereocenters. The molecule has 18 heavy (non-hydrogen) atoms. The van der Waals surface area contributed by atoms with Gasteiger partial charge < -0.3 is 16.0 Å². The molecule has 1 aromatic carbocycles. The van der Waals surface area contributed by atoms with Crippen LogP contribution in [0, 0.1) is 0 Å². The first-order chi connectivity index (χ1) is 8.34. The number of primary sulfonamides is 1. The first-order valence-electron chi connectivity index (χ1n) is 5.69. The van der Waals surface area contributed by atoms with Crippen molar-refractivity contribution in [2.24, 2.45) is 5.14 Å². The van der Waals surface area contributed by atoms with E-state index in [1.807, 2.05) is 7.05 Å². The van der Waals surface area contributed by atoms with Crippen molar-refractivity contribution in [2.75, 3.05) is 37.7 Å². The lowest BCUT2D eigenvalue weighted by Gasteiger charge is -2.16. The molecule has 7 heteroatoms. The maximum atomic E-state index is 11.4. The number of hydrogen-bond donors (Lipinski definition) is 3. The Morgan fingerprint density at radius 2 is 2.06 bits per heavy atom. The van der Waals surface area contributed by atoms with E-state index in [1.165, 1.54) is 6.07 Å². The third kappa shape index (κ3) is 4.17. The summed E-state index contributed by atoms with van der Waals surface area (Å²) in [6, 6.07) is 4.63. The molecule has 0 amide bonds. The van der Waals surface area contributed by atoms with Crippen LogP contribution < -0.4 is 16.2 Å². The summed E-state index contributed by atoms with van der Waals surface area (Å²) >= 11 is 0. The quantitative estimate of drug-likeness (QED) is 0.646. The van der Waals surface area contributed by atoms with Crippen molar-refractivity contribution in [1.29, 1.82) is 0 Å². The van der Waals surface area contributed by atoms with Gasteiger partial charge in [0.1, 0.15) is 4.90 Å². The van der Waals surface area contributed by atoms with E-state index in [-0.39, 0.29) is 4.90 Å². The minimum Gasteiger partial charge on any atom is -0.399 e. The van der Waals surface area contributed by atoms with Gasteiger partial charge in [-0.3, -0.25) is 0 Å². The van der Waals surface area contributed by atoms with Crippen LogP contribution in [0.1, 0.15) is 6.92 Å². The molecule has 102 valence electrons. The lowest BCUT2D eigenvalue weighted by molar-refractivity contribution is 0.367. The molecule has 0 aromatic heterocycles. The Hall–Kier alpha value is -1.31. The second-order valence-electron chi connectivity index (χ2n) is 4.12. The van der Waals surface area contributed by atoms with Crippen molar-refractivity contribution in [3.63, 3.8) is 0 Å². The van der Waals surface area contributed by atoms with Crippen molar-refractivity contribution in [2.45, 2.75) is 11.8 Å². The summed E-state index contributed by atoms with van der Waals surface area (Å²) in [7, 11) is -1.78. The molecule has 0 atom stereocenters. The molecule has 1 rings (SSSR count). The third-order valence-corrected chi connectivity index (χ3v) is 3.61. The average Bonchev–Trinajstić information content (AvgIpc) is 2.29. The Labute approximate surface area is 108 Å². The number of anilines is 2. The molecule has 6 nitrogen and oxygen atoms in total. The van der Waals surface area contributed by atoms with E-state index in [1.54, 1.807) is 12.1 Å². The van der Waals surface area contributed by atoms with Crippen LogP contribution in [0.2, 0.25) is 0 Å². The van der Waals surface area contributed by atoms with Crippen LogP contribution in [0.4, 0.5) is 11.4 Å². The highest BCUT2D eigenvalue weighted by Crippen LogP contribution is 2.22. The largest absolute Gasteiger partial charge is 0.399 e. The number of nitrogen functional groups attached to an aromatic ring is 1. The lowest BCUT2D eigenvalue weighted by atomic mass is 10.3. The fraction of sp³-hybridized carbons (Fsp3) is 0.455. The molecule has 0 aliphatic heterocycles. The molecule has 0 radical (unpaired) electrons. The van der Waals surface area contributed by atoms with Crippen LogP contribution in [-0.2, 0) is 10.0 Å². The fourth-order valence-electron chi connectivity index (χ4n) is 1.46. The van der Waals surface area contributed by atoms with Gasteiger partial charge in [0.05, 0.1) is 5.69 Å². The molecular weight excluding hydrogens is 252 g/mol. The molecule has 1 aromatic rings. The highest BCUT2D eigenvalue weighted by Gasteiger charge is 2.14. The van der Waals surface area contributed by atoms with Crippen LogP contribution in [0.3, 0.4) is 0 Å². The number of nitrogens with two attached hydrogens (primary N) is 2. The van der Waals surface area contributed by atoms with Gasteiger partial charge in [-0.05, 0) is 31.8 Å². The summed E-state index contributed by atoms with van der Waals surface area (Å²) in [4.78, 5) is 2.14. The minimum atomic E-state index is -3.77. The van der Waals surface area contributed by atoms with Crippen LogP contribution >= 0.6 is 0 Å². The highest BCUT2D eigenvalue weighted by atomic mass is 32.2. The normalized spacial score (nSPS) is 11.8. The maximum absolute atomic E-state index is 11.4. The van der Waals surface area contributed by atoms with Crippen LogP contribution in [0.5, 0.6) is 0 Å². The van der Waals surface area contributed by atoms with Gasteiger partial charge in [-0.2, -0.15) is 0 Å². The first kappa shape index (κ1) is 14.7. The van der Waals surface area contributed by atoms with Crippen LogP contribution in [0.15, 0.2) is 23.1 Å².